The Balaban J connectivity index is 0.923. The lowest BCUT2D eigenvalue weighted by atomic mass is 9.82. The van der Waals surface area contributed by atoms with Gasteiger partial charge < -0.3 is 39.1 Å². The van der Waals surface area contributed by atoms with Crippen LogP contribution in [0, 0.1) is 0 Å². The van der Waals surface area contributed by atoms with Crippen molar-refractivity contribution in [3.8, 4) is 34.1 Å². The lowest BCUT2D eigenvalue weighted by Crippen LogP contribution is -2.37. The minimum absolute atomic E-state index is 0.00486. The number of carbonyl (C=O) groups is 2. The second kappa shape index (κ2) is 21.0. The number of esters is 2. The van der Waals surface area contributed by atoms with Gasteiger partial charge in [0, 0.05) is 59.3 Å². The van der Waals surface area contributed by atoms with Gasteiger partial charge in [0.25, 0.3) is 0 Å². The lowest BCUT2D eigenvalue weighted by molar-refractivity contribution is 0.0591. The van der Waals surface area contributed by atoms with E-state index in [1.807, 2.05) is 36.4 Å². The summed E-state index contributed by atoms with van der Waals surface area (Å²) in [5.41, 5.74) is 9.60. The third-order valence-electron chi connectivity index (χ3n) is 14.7. The van der Waals surface area contributed by atoms with Gasteiger partial charge in [-0.3, -0.25) is 0 Å². The van der Waals surface area contributed by atoms with Gasteiger partial charge in [-0.15, -0.1) is 0 Å². The van der Waals surface area contributed by atoms with Crippen LogP contribution in [-0.4, -0.2) is 65.7 Å². The number of rotatable bonds is 15. The molecule has 0 amide bonds. The van der Waals surface area contributed by atoms with Crippen LogP contribution in [0.2, 0.25) is 0 Å². The highest BCUT2D eigenvalue weighted by molar-refractivity contribution is 5.99. The number of para-hydroxylation sites is 1. The van der Waals surface area contributed by atoms with Crippen molar-refractivity contribution in [2.24, 2.45) is 0 Å². The summed E-state index contributed by atoms with van der Waals surface area (Å²) in [5, 5.41) is 12.4. The fourth-order valence-electron chi connectivity index (χ4n) is 11.0. The third-order valence-corrected chi connectivity index (χ3v) is 14.7. The van der Waals surface area contributed by atoms with Crippen LogP contribution >= 0.6 is 0 Å². The molecule has 0 spiro atoms. The number of hydrogen-bond donors (Lipinski definition) is 2. The Morgan fingerprint density at radius 1 is 0.514 bits per heavy atom. The Morgan fingerprint density at radius 3 is 1.65 bits per heavy atom. The van der Waals surface area contributed by atoms with Crippen molar-refractivity contribution < 1.29 is 38.0 Å². The van der Waals surface area contributed by atoms with Crippen molar-refractivity contribution in [2.75, 3.05) is 41.5 Å². The molecule has 2 N–H and O–H groups in total. The van der Waals surface area contributed by atoms with Gasteiger partial charge in [-0.2, -0.15) is 0 Å². The van der Waals surface area contributed by atoms with E-state index in [-0.39, 0.29) is 36.1 Å². The normalized spacial score (nSPS) is 17.9. The minimum Gasteiger partial charge on any atom is -0.496 e. The zero-order valence-electron chi connectivity index (χ0n) is 41.6. The number of carbonyl (C=O) groups excluding carboxylic acids is 2. The van der Waals surface area contributed by atoms with Crippen LogP contribution in [0.5, 0.6) is 23.0 Å². The van der Waals surface area contributed by atoms with Crippen LogP contribution < -0.4 is 29.6 Å². The van der Waals surface area contributed by atoms with Gasteiger partial charge >= 0.3 is 11.9 Å². The monoisotopic (exact) mass is 960 g/mol. The first-order chi connectivity index (χ1) is 35.2. The molecular weight excluding hydrogens is 901 g/mol. The first-order valence-electron chi connectivity index (χ1n) is 24.7. The second-order valence-electron chi connectivity index (χ2n) is 18.8. The largest absolute Gasteiger partial charge is 0.496 e. The molecule has 72 heavy (non-hydrogen) atoms. The van der Waals surface area contributed by atoms with Crippen molar-refractivity contribution in [3.63, 3.8) is 0 Å². The Bertz CT molecular complexity index is 3290. The highest BCUT2D eigenvalue weighted by Crippen LogP contribution is 2.47. The molecule has 8 aromatic rings. The van der Waals surface area contributed by atoms with Gasteiger partial charge in [0.1, 0.15) is 35.2 Å². The van der Waals surface area contributed by atoms with Crippen LogP contribution in [-0.2, 0) is 9.47 Å². The SMILES string of the molecule is COC(=O)c1ccc([C@H]2C[C@H](CN[C@H](C)c3cccc4c(-c5ccc6c(c5)O[C@@H](CN[C@H](C)c5cccc7ccccc57)C[C@H]6c5ccc(C(=O)OC)cc5OC)cccc34)Oc3ccccc32)c(OC)c1. The van der Waals surface area contributed by atoms with Crippen LogP contribution in [0.3, 0.4) is 0 Å². The number of methoxy groups -OCH3 is 4. The number of nitrogens with one attached hydrogen (secondary N) is 2. The van der Waals surface area contributed by atoms with Gasteiger partial charge in [0.05, 0.1) is 39.6 Å². The highest BCUT2D eigenvalue weighted by atomic mass is 16.5. The Labute approximate surface area is 421 Å². The summed E-state index contributed by atoms with van der Waals surface area (Å²) >= 11 is 0. The zero-order chi connectivity index (χ0) is 49.9. The van der Waals surface area contributed by atoms with E-state index in [0.717, 1.165) is 62.1 Å². The second-order valence-corrected chi connectivity index (χ2v) is 18.8. The summed E-state index contributed by atoms with van der Waals surface area (Å²) in [4.78, 5) is 25.0. The summed E-state index contributed by atoms with van der Waals surface area (Å²) < 4.78 is 35.5. The predicted octanol–water partition coefficient (Wildman–Crippen LogP) is 12.5. The van der Waals surface area contributed by atoms with Crippen molar-refractivity contribution in [1.29, 1.82) is 0 Å². The van der Waals surface area contributed by atoms with E-state index in [0.29, 0.717) is 42.1 Å². The average molecular weight is 961 g/mol. The van der Waals surface area contributed by atoms with E-state index in [4.69, 9.17) is 28.4 Å². The number of hydrogen-bond acceptors (Lipinski definition) is 10. The van der Waals surface area contributed by atoms with Crippen LogP contribution in [0.4, 0.5) is 0 Å². The fraction of sp³-hybridized carbons (Fsp3) is 0.258. The van der Waals surface area contributed by atoms with Gasteiger partial charge in [-0.25, -0.2) is 9.59 Å². The minimum atomic E-state index is -0.411. The van der Waals surface area contributed by atoms with Gasteiger partial charge in [0.2, 0.25) is 0 Å². The smallest absolute Gasteiger partial charge is 0.337 e. The molecule has 2 aliphatic rings. The molecule has 10 nitrogen and oxygen atoms in total. The quantitative estimate of drug-likeness (QED) is 0.0963. The molecule has 0 fully saturated rings. The lowest BCUT2D eigenvalue weighted by Gasteiger charge is -2.34. The summed E-state index contributed by atoms with van der Waals surface area (Å²) in [6, 6.07) is 54.0. The molecule has 0 radical (unpaired) electrons. The van der Waals surface area contributed by atoms with Crippen molar-refractivity contribution in [1.82, 2.24) is 10.6 Å². The van der Waals surface area contributed by atoms with E-state index in [1.165, 1.54) is 36.1 Å². The Morgan fingerprint density at radius 2 is 1.01 bits per heavy atom. The number of fused-ring (bicyclic) bond motifs is 4. The summed E-state index contributed by atoms with van der Waals surface area (Å²) in [5.74, 6) is 2.05. The van der Waals surface area contributed by atoms with E-state index < -0.39 is 11.9 Å². The zero-order valence-corrected chi connectivity index (χ0v) is 41.6. The molecule has 0 bridgehead atoms. The summed E-state index contributed by atoms with van der Waals surface area (Å²) in [6.45, 7) is 5.65. The molecule has 0 saturated carbocycles. The molecule has 2 aliphatic heterocycles. The third kappa shape index (κ3) is 9.47. The van der Waals surface area contributed by atoms with Crippen molar-refractivity contribution >= 4 is 33.5 Å². The van der Waals surface area contributed by atoms with E-state index >= 15 is 0 Å². The van der Waals surface area contributed by atoms with Crippen LogP contribution in [0.1, 0.15) is 105 Å². The summed E-state index contributed by atoms with van der Waals surface area (Å²) in [7, 11) is 6.05. The molecule has 8 aromatic carbocycles. The molecule has 0 saturated heterocycles. The molecule has 10 heteroatoms. The topological polar surface area (TPSA) is 114 Å². The number of ether oxygens (including phenoxy) is 6. The molecule has 6 atom stereocenters. The van der Waals surface area contributed by atoms with Crippen LogP contribution in [0.15, 0.2) is 158 Å². The van der Waals surface area contributed by atoms with Gasteiger partial charge in [-0.05, 0) is 107 Å². The maximum absolute atomic E-state index is 12.6. The maximum atomic E-state index is 12.6. The molecule has 0 aliphatic carbocycles. The van der Waals surface area contributed by atoms with E-state index in [1.54, 1.807) is 32.4 Å². The van der Waals surface area contributed by atoms with Gasteiger partial charge in [0.15, 0.2) is 0 Å². The fourth-order valence-corrected chi connectivity index (χ4v) is 11.0. The van der Waals surface area contributed by atoms with Crippen molar-refractivity contribution in [2.45, 2.75) is 62.8 Å². The standard InChI is InChI=1S/C62H60N2O8/c1-37(45-18-11-15-39-14-7-8-16-47(39)45)63-36-44-34-56(53-29-26-42(62(66)70-6)32-59(53)68-4)54-27-24-40(30-60(54)72-44)48-20-13-21-49-46(19-12-22-50(48)49)38(2)64-35-43-33-55(51-17-9-10-23-57(51)71-43)52-28-25-41(61(65)69-5)31-58(52)67-3/h7-32,37-38,43-44,55-56,63-64H,33-36H2,1-6H3/t37-,38-,43-,44-,55+,56+/m1/s1. The first-order valence-corrected chi connectivity index (χ1v) is 24.7. The Hall–Kier alpha value is -7.66. The average Bonchev–Trinajstić information content (AvgIpc) is 3.43. The molecular formula is C62H60N2O8. The molecule has 2 heterocycles. The molecule has 0 unspecified atom stereocenters. The molecule has 366 valence electrons. The maximum Gasteiger partial charge on any atom is 0.337 e. The molecule has 0 aromatic heterocycles. The first kappa shape index (κ1) is 48.0. The number of benzene rings is 8. The summed E-state index contributed by atoms with van der Waals surface area (Å²) in [6.07, 6.45) is 1.12. The van der Waals surface area contributed by atoms with Gasteiger partial charge in [-0.1, -0.05) is 121 Å². The Kier molecular flexibility index (Phi) is 14.0. The predicted molar refractivity (Wildman–Crippen MR) is 283 cm³/mol. The van der Waals surface area contributed by atoms with E-state index in [9.17, 15) is 9.59 Å². The highest BCUT2D eigenvalue weighted by Gasteiger charge is 2.34. The molecule has 10 rings (SSSR count). The van der Waals surface area contributed by atoms with Crippen LogP contribution in [0.25, 0.3) is 32.7 Å². The van der Waals surface area contributed by atoms with Crippen molar-refractivity contribution in [3.05, 3.63) is 202 Å². The van der Waals surface area contributed by atoms with E-state index in [2.05, 4.69) is 128 Å².